The summed E-state index contributed by atoms with van der Waals surface area (Å²) in [6, 6.07) is 8.43. The monoisotopic (exact) mass is 370 g/mol. The predicted octanol–water partition coefficient (Wildman–Crippen LogP) is 3.60. The molecule has 0 aliphatic heterocycles. The van der Waals surface area contributed by atoms with Crippen LogP contribution in [0.2, 0.25) is 0 Å². The molecule has 0 radical (unpaired) electrons. The molecule has 0 amide bonds. The largest absolute Gasteiger partial charge is 0.396 e. The summed E-state index contributed by atoms with van der Waals surface area (Å²) in [6.45, 7) is 4.86. The summed E-state index contributed by atoms with van der Waals surface area (Å²) >= 11 is 0. The van der Waals surface area contributed by atoms with E-state index in [0.717, 1.165) is 38.4 Å². The van der Waals surface area contributed by atoms with Crippen molar-refractivity contribution in [3.05, 3.63) is 36.0 Å². The summed E-state index contributed by atoms with van der Waals surface area (Å²) in [5.74, 6) is 0.889. The highest BCUT2D eigenvalue weighted by molar-refractivity contribution is 5.83. The van der Waals surface area contributed by atoms with Gasteiger partial charge in [0.05, 0.1) is 0 Å². The molecule has 1 heterocycles. The molecule has 27 heavy (non-hydrogen) atoms. The van der Waals surface area contributed by atoms with Gasteiger partial charge in [-0.25, -0.2) is 0 Å². The van der Waals surface area contributed by atoms with Gasteiger partial charge in [0.2, 0.25) is 0 Å². The number of benzene rings is 1. The van der Waals surface area contributed by atoms with Gasteiger partial charge in [0, 0.05) is 43.3 Å². The van der Waals surface area contributed by atoms with E-state index in [1.54, 1.807) is 0 Å². The third-order valence-electron chi connectivity index (χ3n) is 5.83. The number of aliphatic hydroxyl groups excluding tert-OH is 1. The number of nitrogens with one attached hydrogen (secondary N) is 3. The zero-order valence-corrected chi connectivity index (χ0v) is 16.6. The number of fused-ring (bicyclic) bond motifs is 1. The second-order valence-corrected chi connectivity index (χ2v) is 7.77. The maximum Gasteiger partial charge on any atom is 0.191 e. The summed E-state index contributed by atoms with van der Waals surface area (Å²) in [4.78, 5) is 8.23. The molecule has 1 aromatic heterocycles. The fourth-order valence-corrected chi connectivity index (χ4v) is 4.27. The molecule has 5 nitrogen and oxygen atoms in total. The Hall–Kier alpha value is -2.01. The lowest BCUT2D eigenvalue weighted by atomic mass is 9.72. The van der Waals surface area contributed by atoms with E-state index in [9.17, 15) is 5.11 Å². The van der Waals surface area contributed by atoms with Crippen LogP contribution in [0.5, 0.6) is 0 Å². The van der Waals surface area contributed by atoms with Gasteiger partial charge in [-0.2, -0.15) is 0 Å². The molecular formula is C22H34N4O. The van der Waals surface area contributed by atoms with E-state index in [0.29, 0.717) is 0 Å². The predicted molar refractivity (Wildman–Crippen MR) is 113 cm³/mol. The Morgan fingerprint density at radius 2 is 2.00 bits per heavy atom. The Kier molecular flexibility index (Phi) is 7.16. The van der Waals surface area contributed by atoms with Crippen LogP contribution in [-0.4, -0.2) is 42.3 Å². The Balaban J connectivity index is 1.58. The smallest absolute Gasteiger partial charge is 0.191 e. The second kappa shape index (κ2) is 9.79. The van der Waals surface area contributed by atoms with E-state index in [1.807, 2.05) is 0 Å². The molecule has 0 bridgehead atoms. The first-order valence-electron chi connectivity index (χ1n) is 10.4. The molecule has 0 atom stereocenters. The average Bonchev–Trinajstić information content (AvgIpc) is 3.10. The molecule has 0 spiro atoms. The quantitative estimate of drug-likeness (QED) is 0.424. The van der Waals surface area contributed by atoms with Gasteiger partial charge in [0.1, 0.15) is 0 Å². The molecule has 1 aliphatic rings. The number of H-pyrrole nitrogens is 1. The van der Waals surface area contributed by atoms with Crippen LogP contribution in [0.3, 0.4) is 0 Å². The minimum absolute atomic E-state index is 0.187. The van der Waals surface area contributed by atoms with Crippen molar-refractivity contribution < 1.29 is 5.11 Å². The van der Waals surface area contributed by atoms with Crippen LogP contribution in [0, 0.1) is 5.41 Å². The number of hydrogen-bond acceptors (Lipinski definition) is 2. The maximum absolute atomic E-state index is 9.50. The van der Waals surface area contributed by atoms with E-state index < -0.39 is 0 Å². The van der Waals surface area contributed by atoms with Gasteiger partial charge in [-0.3, -0.25) is 4.99 Å². The minimum Gasteiger partial charge on any atom is -0.396 e. The van der Waals surface area contributed by atoms with Crippen molar-refractivity contribution in [3.63, 3.8) is 0 Å². The molecule has 5 heteroatoms. The molecule has 1 aromatic carbocycles. The molecule has 0 unspecified atom stereocenters. The van der Waals surface area contributed by atoms with Crippen molar-refractivity contribution in [2.24, 2.45) is 10.4 Å². The molecule has 4 N–H and O–H groups in total. The summed E-state index contributed by atoms with van der Waals surface area (Å²) in [5.41, 5.74) is 2.71. The first-order chi connectivity index (χ1) is 13.3. The molecule has 3 rings (SSSR count). The molecule has 0 saturated heterocycles. The van der Waals surface area contributed by atoms with Crippen molar-refractivity contribution in [3.8, 4) is 0 Å². The van der Waals surface area contributed by atoms with E-state index >= 15 is 0 Å². The fourth-order valence-electron chi connectivity index (χ4n) is 4.27. The number of rotatable bonds is 8. The van der Waals surface area contributed by atoms with Crippen LogP contribution in [-0.2, 0) is 6.42 Å². The molecule has 148 valence electrons. The summed E-state index contributed by atoms with van der Waals surface area (Å²) in [7, 11) is 0. The molecule has 2 aromatic rings. The molecule has 1 aliphatic carbocycles. The highest BCUT2D eigenvalue weighted by atomic mass is 16.3. The molecule has 1 fully saturated rings. The van der Waals surface area contributed by atoms with Gasteiger partial charge >= 0.3 is 0 Å². The SMILES string of the molecule is CCNC(=NCC1(CCO)CCCCC1)NCCc1c[nH]c2ccccc12. The Labute approximate surface area is 162 Å². The average molecular weight is 371 g/mol. The topological polar surface area (TPSA) is 72.4 Å². The first-order valence-corrected chi connectivity index (χ1v) is 10.4. The number of guanidine groups is 1. The van der Waals surface area contributed by atoms with E-state index in [1.165, 1.54) is 48.6 Å². The number of nitrogens with zero attached hydrogens (tertiary/aromatic N) is 1. The summed E-state index contributed by atoms with van der Waals surface area (Å²) in [6.07, 6.45) is 10.1. The van der Waals surface area contributed by atoms with Gasteiger partial charge in [0.25, 0.3) is 0 Å². The fraction of sp³-hybridized carbons (Fsp3) is 0.591. The third-order valence-corrected chi connectivity index (χ3v) is 5.83. The second-order valence-electron chi connectivity index (χ2n) is 7.77. The highest BCUT2D eigenvalue weighted by Crippen LogP contribution is 2.39. The Morgan fingerprint density at radius 1 is 1.19 bits per heavy atom. The van der Waals surface area contributed by atoms with Gasteiger partial charge in [-0.05, 0) is 49.7 Å². The van der Waals surface area contributed by atoms with Crippen molar-refractivity contribution in [2.75, 3.05) is 26.2 Å². The van der Waals surface area contributed by atoms with E-state index in [-0.39, 0.29) is 12.0 Å². The van der Waals surface area contributed by atoms with Crippen molar-refractivity contribution in [2.45, 2.75) is 51.9 Å². The first kappa shape index (κ1) is 19.7. The normalized spacial score (nSPS) is 17.2. The zero-order valence-electron chi connectivity index (χ0n) is 16.6. The number of para-hydroxylation sites is 1. The lowest BCUT2D eigenvalue weighted by molar-refractivity contribution is 0.137. The van der Waals surface area contributed by atoms with Crippen LogP contribution >= 0.6 is 0 Å². The van der Waals surface area contributed by atoms with Crippen LogP contribution in [0.1, 0.15) is 51.0 Å². The standard InChI is InChI=1S/C22H34N4O/c1-2-23-21(26-17-22(13-15-27)11-6-3-7-12-22)24-14-10-18-16-25-20-9-5-4-8-19(18)20/h4-5,8-9,16,25,27H,2-3,6-7,10-15,17H2,1H3,(H2,23,24,26). The van der Waals surface area contributed by atoms with Crippen LogP contribution in [0.4, 0.5) is 0 Å². The minimum atomic E-state index is 0.187. The number of hydrogen-bond donors (Lipinski definition) is 4. The lowest BCUT2D eigenvalue weighted by Gasteiger charge is -2.35. The van der Waals surface area contributed by atoms with Gasteiger partial charge in [0.15, 0.2) is 5.96 Å². The zero-order chi connectivity index (χ0) is 19.0. The number of aromatic amines is 1. The van der Waals surface area contributed by atoms with Gasteiger partial charge < -0.3 is 20.7 Å². The maximum atomic E-state index is 9.50. The summed E-state index contributed by atoms with van der Waals surface area (Å²) in [5, 5.41) is 17.7. The number of aliphatic hydroxyl groups is 1. The number of aliphatic imine (C=N–C) groups is 1. The number of aromatic nitrogens is 1. The van der Waals surface area contributed by atoms with Crippen molar-refractivity contribution in [1.82, 2.24) is 15.6 Å². The van der Waals surface area contributed by atoms with Crippen LogP contribution in [0.15, 0.2) is 35.5 Å². The van der Waals surface area contributed by atoms with E-state index in [2.05, 4.69) is 53.0 Å². The molecule has 1 saturated carbocycles. The van der Waals surface area contributed by atoms with Crippen LogP contribution < -0.4 is 10.6 Å². The van der Waals surface area contributed by atoms with Crippen LogP contribution in [0.25, 0.3) is 10.9 Å². The third kappa shape index (κ3) is 5.25. The summed E-state index contributed by atoms with van der Waals surface area (Å²) < 4.78 is 0. The van der Waals surface area contributed by atoms with Crippen molar-refractivity contribution >= 4 is 16.9 Å². The van der Waals surface area contributed by atoms with Crippen molar-refractivity contribution in [1.29, 1.82) is 0 Å². The Bertz CT molecular complexity index is 725. The van der Waals surface area contributed by atoms with E-state index in [4.69, 9.17) is 4.99 Å². The highest BCUT2D eigenvalue weighted by Gasteiger charge is 2.31. The Morgan fingerprint density at radius 3 is 2.78 bits per heavy atom. The lowest BCUT2D eigenvalue weighted by Crippen LogP contribution is -2.40. The van der Waals surface area contributed by atoms with Gasteiger partial charge in [-0.15, -0.1) is 0 Å². The van der Waals surface area contributed by atoms with Gasteiger partial charge in [-0.1, -0.05) is 37.5 Å². The molecular weight excluding hydrogens is 336 g/mol.